The number of halogens is 1. The van der Waals surface area contributed by atoms with Gasteiger partial charge in [0.05, 0.1) is 5.75 Å². The van der Waals surface area contributed by atoms with E-state index in [2.05, 4.69) is 5.32 Å². The number of carbonyl (C=O) groups excluding carboxylic acids is 2. The number of thioether (sulfide) groups is 1. The molecule has 0 spiro atoms. The number of nitrogens with zero attached hydrogens (tertiary/aromatic N) is 1. The lowest BCUT2D eigenvalue weighted by atomic mass is 10.1. The molecule has 1 N–H and O–H groups in total. The molecule has 0 heterocycles. The van der Waals surface area contributed by atoms with Crippen molar-refractivity contribution >= 4 is 23.6 Å². The van der Waals surface area contributed by atoms with Crippen molar-refractivity contribution in [3.8, 4) is 0 Å². The Labute approximate surface area is 189 Å². The Morgan fingerprint density at radius 2 is 1.71 bits per heavy atom. The van der Waals surface area contributed by atoms with E-state index < -0.39 is 6.04 Å². The van der Waals surface area contributed by atoms with Crippen LogP contribution in [0.1, 0.15) is 44.7 Å². The van der Waals surface area contributed by atoms with Gasteiger partial charge in [0.2, 0.25) is 11.8 Å². The molecular weight excluding hydrogens is 411 g/mol. The number of benzene rings is 2. The third-order valence-corrected chi connectivity index (χ3v) is 6.28. The van der Waals surface area contributed by atoms with Crippen LogP contribution in [0.15, 0.2) is 54.6 Å². The lowest BCUT2D eigenvalue weighted by molar-refractivity contribution is -0.139. The minimum Gasteiger partial charge on any atom is -0.352 e. The lowest BCUT2D eigenvalue weighted by Gasteiger charge is -2.31. The van der Waals surface area contributed by atoms with Crippen molar-refractivity contribution in [2.75, 3.05) is 12.3 Å². The van der Waals surface area contributed by atoms with Gasteiger partial charge in [0.1, 0.15) is 11.9 Å². The average Bonchev–Trinajstić information content (AvgIpc) is 2.78. The van der Waals surface area contributed by atoms with Gasteiger partial charge >= 0.3 is 0 Å². The molecule has 6 heteroatoms. The van der Waals surface area contributed by atoms with Gasteiger partial charge in [-0.1, -0.05) is 62.4 Å². The molecular formula is C25H33FN2O2S. The Hall–Kier alpha value is -2.34. The second-order valence-electron chi connectivity index (χ2n) is 7.65. The fraction of sp³-hybridized carbons (Fsp3) is 0.440. The second kappa shape index (κ2) is 13.2. The zero-order valence-electron chi connectivity index (χ0n) is 18.6. The van der Waals surface area contributed by atoms with Crippen molar-refractivity contribution < 1.29 is 14.0 Å². The summed E-state index contributed by atoms with van der Waals surface area (Å²) in [6.45, 7) is 6.38. The normalized spacial score (nSPS) is 12.8. The van der Waals surface area contributed by atoms with Crippen molar-refractivity contribution in [2.45, 2.75) is 57.9 Å². The molecule has 2 aromatic carbocycles. The summed E-state index contributed by atoms with van der Waals surface area (Å²) in [4.78, 5) is 27.7. The molecule has 0 fully saturated rings. The van der Waals surface area contributed by atoms with Gasteiger partial charge in [-0.15, -0.1) is 11.8 Å². The van der Waals surface area contributed by atoms with Crippen LogP contribution < -0.4 is 5.32 Å². The van der Waals surface area contributed by atoms with E-state index in [0.717, 1.165) is 12.0 Å². The third kappa shape index (κ3) is 8.02. The first-order valence-electron chi connectivity index (χ1n) is 10.9. The first kappa shape index (κ1) is 24.9. The van der Waals surface area contributed by atoms with Crippen molar-refractivity contribution in [2.24, 2.45) is 0 Å². The van der Waals surface area contributed by atoms with E-state index in [4.69, 9.17) is 0 Å². The summed E-state index contributed by atoms with van der Waals surface area (Å²) in [5, 5.41) is 3.01. The maximum absolute atomic E-state index is 13.9. The molecule has 0 bridgehead atoms. The van der Waals surface area contributed by atoms with Crippen molar-refractivity contribution in [3.63, 3.8) is 0 Å². The van der Waals surface area contributed by atoms with Gasteiger partial charge in [-0.25, -0.2) is 4.39 Å². The van der Waals surface area contributed by atoms with E-state index in [0.29, 0.717) is 30.7 Å². The molecule has 31 heavy (non-hydrogen) atoms. The van der Waals surface area contributed by atoms with Crippen LogP contribution in [-0.4, -0.2) is 41.1 Å². The highest BCUT2D eigenvalue weighted by molar-refractivity contribution is 7.99. The minimum absolute atomic E-state index is 0.0584. The van der Waals surface area contributed by atoms with Gasteiger partial charge in [-0.2, -0.15) is 0 Å². The van der Waals surface area contributed by atoms with E-state index in [1.54, 1.807) is 23.1 Å². The van der Waals surface area contributed by atoms with Gasteiger partial charge in [0.15, 0.2) is 0 Å². The molecule has 2 unspecified atom stereocenters. The highest BCUT2D eigenvalue weighted by atomic mass is 32.2. The summed E-state index contributed by atoms with van der Waals surface area (Å²) in [6.07, 6.45) is 2.05. The number of hydrogen-bond donors (Lipinski definition) is 1. The molecule has 0 saturated heterocycles. The van der Waals surface area contributed by atoms with Gasteiger partial charge in [-0.3, -0.25) is 9.59 Å². The molecule has 0 saturated carbocycles. The molecule has 2 atom stereocenters. The van der Waals surface area contributed by atoms with Crippen LogP contribution in [0.2, 0.25) is 0 Å². The average molecular weight is 445 g/mol. The zero-order valence-corrected chi connectivity index (χ0v) is 19.5. The summed E-state index contributed by atoms with van der Waals surface area (Å²) >= 11 is 1.37. The number of hydrogen-bond acceptors (Lipinski definition) is 3. The summed E-state index contributed by atoms with van der Waals surface area (Å²) in [5.74, 6) is 0.153. The van der Waals surface area contributed by atoms with E-state index in [-0.39, 0.29) is 29.4 Å². The van der Waals surface area contributed by atoms with Crippen molar-refractivity contribution in [1.82, 2.24) is 10.2 Å². The highest BCUT2D eigenvalue weighted by Crippen LogP contribution is 2.18. The van der Waals surface area contributed by atoms with Crippen molar-refractivity contribution in [3.05, 3.63) is 71.5 Å². The lowest BCUT2D eigenvalue weighted by Crippen LogP contribution is -2.52. The fourth-order valence-corrected chi connectivity index (χ4v) is 4.18. The molecule has 0 radical (unpaired) electrons. The number of rotatable bonds is 12. The van der Waals surface area contributed by atoms with E-state index in [1.165, 1.54) is 17.8 Å². The Morgan fingerprint density at radius 3 is 2.35 bits per heavy atom. The summed E-state index contributed by atoms with van der Waals surface area (Å²) in [5.41, 5.74) is 1.70. The molecule has 2 rings (SSSR count). The molecule has 168 valence electrons. The first-order chi connectivity index (χ1) is 15.0. The number of carbonyl (C=O) groups is 2. The summed E-state index contributed by atoms with van der Waals surface area (Å²) in [6, 6.07) is 16.1. The predicted molar refractivity (Wildman–Crippen MR) is 126 cm³/mol. The minimum atomic E-state index is -0.515. The summed E-state index contributed by atoms with van der Waals surface area (Å²) < 4.78 is 13.9. The molecule has 0 aromatic heterocycles. The Bertz CT molecular complexity index is 831. The smallest absolute Gasteiger partial charge is 0.243 e. The van der Waals surface area contributed by atoms with Crippen LogP contribution in [0.3, 0.4) is 0 Å². The topological polar surface area (TPSA) is 49.4 Å². The maximum atomic E-state index is 13.9. The zero-order chi connectivity index (χ0) is 22.6. The maximum Gasteiger partial charge on any atom is 0.243 e. The molecule has 2 amide bonds. The van der Waals surface area contributed by atoms with Gasteiger partial charge < -0.3 is 10.2 Å². The second-order valence-corrected chi connectivity index (χ2v) is 8.63. The quantitative estimate of drug-likeness (QED) is 0.510. The van der Waals surface area contributed by atoms with E-state index in [1.807, 2.05) is 51.1 Å². The first-order valence-corrected chi connectivity index (χ1v) is 12.1. The standard InChI is InChI=1S/C25H33FN2O2S/c1-4-19(3)27-25(30)23(5-2)28(16-15-20-11-7-6-8-12-20)24(29)18-31-17-21-13-9-10-14-22(21)26/h6-14,19,23H,4-5,15-18H2,1-3H3,(H,27,30). The largest absolute Gasteiger partial charge is 0.352 e. The van der Waals surface area contributed by atoms with Gasteiger partial charge in [0.25, 0.3) is 0 Å². The van der Waals surface area contributed by atoms with Crippen molar-refractivity contribution in [1.29, 1.82) is 0 Å². The van der Waals surface area contributed by atoms with Crippen LogP contribution in [0, 0.1) is 5.82 Å². The Morgan fingerprint density at radius 1 is 1.03 bits per heavy atom. The Kier molecular flexibility index (Phi) is 10.6. The summed E-state index contributed by atoms with van der Waals surface area (Å²) in [7, 11) is 0. The molecule has 2 aromatic rings. The predicted octanol–water partition coefficient (Wildman–Crippen LogP) is 4.82. The Balaban J connectivity index is 2.07. The number of amides is 2. The fourth-order valence-electron chi connectivity index (χ4n) is 3.28. The SMILES string of the molecule is CCC(C)NC(=O)C(CC)N(CCc1ccccc1)C(=O)CSCc1ccccc1F. The monoisotopic (exact) mass is 444 g/mol. The molecule has 0 aliphatic heterocycles. The molecule has 0 aliphatic rings. The third-order valence-electron chi connectivity index (χ3n) is 5.31. The van der Waals surface area contributed by atoms with Crippen LogP contribution >= 0.6 is 11.8 Å². The number of nitrogens with one attached hydrogen (secondary N) is 1. The molecule has 4 nitrogen and oxygen atoms in total. The van der Waals surface area contributed by atoms with E-state index in [9.17, 15) is 14.0 Å². The van der Waals surface area contributed by atoms with Crippen LogP contribution in [0.4, 0.5) is 4.39 Å². The van der Waals surface area contributed by atoms with Gasteiger partial charge in [0, 0.05) is 18.3 Å². The van der Waals surface area contributed by atoms with Crippen LogP contribution in [0.5, 0.6) is 0 Å². The van der Waals surface area contributed by atoms with Gasteiger partial charge in [-0.05, 0) is 43.4 Å². The van der Waals surface area contributed by atoms with Crippen LogP contribution in [-0.2, 0) is 21.8 Å². The highest BCUT2D eigenvalue weighted by Gasteiger charge is 2.28. The van der Waals surface area contributed by atoms with Crippen LogP contribution in [0.25, 0.3) is 0 Å². The molecule has 0 aliphatic carbocycles. The van der Waals surface area contributed by atoms with E-state index >= 15 is 0 Å².